The van der Waals surface area contributed by atoms with Crippen molar-refractivity contribution < 1.29 is 4.79 Å². The van der Waals surface area contributed by atoms with E-state index in [4.69, 9.17) is 0 Å². The highest BCUT2D eigenvalue weighted by Crippen LogP contribution is 2.48. The Labute approximate surface area is 121 Å². The van der Waals surface area contributed by atoms with E-state index in [1.807, 2.05) is 32.2 Å². The maximum absolute atomic E-state index is 12.3. The van der Waals surface area contributed by atoms with E-state index in [0.29, 0.717) is 0 Å². The zero-order valence-corrected chi connectivity index (χ0v) is 12.4. The highest BCUT2D eigenvalue weighted by atomic mass is 16.1. The molecule has 0 atom stereocenters. The third-order valence-corrected chi connectivity index (χ3v) is 4.71. The molecule has 0 aromatic heterocycles. The molecule has 1 amide bonds. The second kappa shape index (κ2) is 5.47. The highest BCUT2D eigenvalue weighted by Gasteiger charge is 2.41. The van der Waals surface area contributed by atoms with Crippen molar-refractivity contribution in [3.05, 3.63) is 29.3 Å². The first-order valence-corrected chi connectivity index (χ1v) is 7.75. The number of anilines is 1. The Hall–Kier alpha value is -1.51. The number of carbonyl (C=O) groups excluding carboxylic acids is 1. The molecule has 108 valence electrons. The van der Waals surface area contributed by atoms with Crippen LogP contribution in [-0.2, 0) is 0 Å². The van der Waals surface area contributed by atoms with E-state index < -0.39 is 0 Å². The topological polar surface area (TPSA) is 41.1 Å². The Morgan fingerprint density at radius 3 is 2.40 bits per heavy atom. The molecule has 2 saturated carbocycles. The molecule has 3 nitrogen and oxygen atoms in total. The first kappa shape index (κ1) is 13.5. The van der Waals surface area contributed by atoms with Crippen molar-refractivity contribution >= 4 is 11.6 Å². The summed E-state index contributed by atoms with van der Waals surface area (Å²) in [6.07, 6.45) is 5.47. The van der Waals surface area contributed by atoms with E-state index in [1.165, 1.54) is 25.7 Å². The van der Waals surface area contributed by atoms with Crippen LogP contribution in [0.15, 0.2) is 18.2 Å². The van der Waals surface area contributed by atoms with Crippen molar-refractivity contribution in [1.29, 1.82) is 0 Å². The van der Waals surface area contributed by atoms with E-state index in [9.17, 15) is 4.79 Å². The summed E-state index contributed by atoms with van der Waals surface area (Å²) in [4.78, 5) is 12.3. The Kier molecular flexibility index (Phi) is 3.68. The van der Waals surface area contributed by atoms with E-state index in [0.717, 1.165) is 41.1 Å². The van der Waals surface area contributed by atoms with Gasteiger partial charge in [-0.15, -0.1) is 0 Å². The van der Waals surface area contributed by atoms with E-state index >= 15 is 0 Å². The number of hydrogen-bond donors (Lipinski definition) is 2. The van der Waals surface area contributed by atoms with Crippen LogP contribution in [-0.4, -0.2) is 19.5 Å². The molecular weight excluding hydrogens is 248 g/mol. The smallest absolute Gasteiger partial charge is 0.251 e. The molecule has 2 N–H and O–H groups in total. The highest BCUT2D eigenvalue weighted by molar-refractivity contribution is 5.94. The predicted molar refractivity (Wildman–Crippen MR) is 82.0 cm³/mol. The third-order valence-electron chi connectivity index (χ3n) is 4.71. The number of carbonyl (C=O) groups is 1. The second-order valence-electron chi connectivity index (χ2n) is 6.33. The zero-order valence-electron chi connectivity index (χ0n) is 12.4. The lowest BCUT2D eigenvalue weighted by atomic mass is 9.98. The fraction of sp³-hybridized carbons (Fsp3) is 0.588. The standard InChI is InChI=1S/C17H24N2O/c1-11-9-14(7-8-16(11)18-2)17(20)19-10-15(12-3-4-12)13-5-6-13/h7-9,12-13,15,18H,3-6,10H2,1-2H3,(H,19,20). The van der Waals surface area contributed by atoms with Crippen molar-refractivity contribution in [2.24, 2.45) is 17.8 Å². The Morgan fingerprint density at radius 2 is 1.90 bits per heavy atom. The largest absolute Gasteiger partial charge is 0.388 e. The van der Waals surface area contributed by atoms with Crippen LogP contribution >= 0.6 is 0 Å². The molecule has 0 heterocycles. The van der Waals surface area contributed by atoms with Crippen molar-refractivity contribution in [2.45, 2.75) is 32.6 Å². The molecule has 0 radical (unpaired) electrons. The van der Waals surface area contributed by atoms with Crippen molar-refractivity contribution in [1.82, 2.24) is 5.32 Å². The van der Waals surface area contributed by atoms with Gasteiger partial charge in [-0.1, -0.05) is 0 Å². The lowest BCUT2D eigenvalue weighted by Gasteiger charge is -2.16. The number of nitrogens with one attached hydrogen (secondary N) is 2. The van der Waals surface area contributed by atoms with Crippen molar-refractivity contribution in [3.63, 3.8) is 0 Å². The number of aryl methyl sites for hydroxylation is 1. The van der Waals surface area contributed by atoms with E-state index in [2.05, 4.69) is 10.6 Å². The Bertz CT molecular complexity index is 492. The normalized spacial score (nSPS) is 18.1. The van der Waals surface area contributed by atoms with Gasteiger partial charge in [-0.05, 0) is 74.1 Å². The summed E-state index contributed by atoms with van der Waals surface area (Å²) < 4.78 is 0. The molecule has 0 aliphatic heterocycles. The fourth-order valence-electron chi connectivity index (χ4n) is 3.17. The van der Waals surface area contributed by atoms with Gasteiger partial charge in [0.05, 0.1) is 0 Å². The predicted octanol–water partition coefficient (Wildman–Crippen LogP) is 3.20. The summed E-state index contributed by atoms with van der Waals surface area (Å²) in [7, 11) is 1.90. The Morgan fingerprint density at radius 1 is 1.25 bits per heavy atom. The van der Waals surface area contributed by atoms with Crippen LogP contribution in [0.25, 0.3) is 0 Å². The van der Waals surface area contributed by atoms with Crippen LogP contribution in [0.5, 0.6) is 0 Å². The van der Waals surface area contributed by atoms with Gasteiger partial charge < -0.3 is 10.6 Å². The van der Waals surface area contributed by atoms with Crippen LogP contribution in [0.1, 0.15) is 41.6 Å². The lowest BCUT2D eigenvalue weighted by Crippen LogP contribution is -2.31. The summed E-state index contributed by atoms with van der Waals surface area (Å²) in [5.74, 6) is 2.58. The minimum Gasteiger partial charge on any atom is -0.388 e. The molecule has 2 aliphatic carbocycles. The molecular formula is C17H24N2O. The molecule has 2 fully saturated rings. The molecule has 0 saturated heterocycles. The molecule has 3 heteroatoms. The lowest BCUT2D eigenvalue weighted by molar-refractivity contribution is 0.0943. The molecule has 20 heavy (non-hydrogen) atoms. The summed E-state index contributed by atoms with van der Waals surface area (Å²) >= 11 is 0. The quantitative estimate of drug-likeness (QED) is 0.835. The average molecular weight is 272 g/mol. The summed E-state index contributed by atoms with van der Waals surface area (Å²) in [5.41, 5.74) is 2.96. The van der Waals surface area contributed by atoms with Gasteiger partial charge in [0.1, 0.15) is 0 Å². The summed E-state index contributed by atoms with van der Waals surface area (Å²) in [6.45, 7) is 2.89. The van der Waals surface area contributed by atoms with Gasteiger partial charge in [-0.3, -0.25) is 4.79 Å². The van der Waals surface area contributed by atoms with Gasteiger partial charge in [0, 0.05) is 24.8 Å². The van der Waals surface area contributed by atoms with E-state index in [-0.39, 0.29) is 5.91 Å². The van der Waals surface area contributed by atoms with Gasteiger partial charge in [-0.25, -0.2) is 0 Å². The van der Waals surface area contributed by atoms with Crippen LogP contribution in [0.3, 0.4) is 0 Å². The fourth-order valence-corrected chi connectivity index (χ4v) is 3.17. The zero-order chi connectivity index (χ0) is 14.1. The maximum Gasteiger partial charge on any atom is 0.251 e. The number of amides is 1. The van der Waals surface area contributed by atoms with Gasteiger partial charge in [0.25, 0.3) is 5.91 Å². The molecule has 3 rings (SSSR count). The molecule has 2 aliphatic rings. The Balaban J connectivity index is 1.59. The first-order valence-electron chi connectivity index (χ1n) is 7.75. The van der Waals surface area contributed by atoms with Gasteiger partial charge in [0.2, 0.25) is 0 Å². The maximum atomic E-state index is 12.3. The summed E-state index contributed by atoms with van der Waals surface area (Å²) in [6, 6.07) is 5.84. The van der Waals surface area contributed by atoms with Crippen LogP contribution in [0, 0.1) is 24.7 Å². The van der Waals surface area contributed by atoms with E-state index in [1.54, 1.807) is 0 Å². The third kappa shape index (κ3) is 2.97. The van der Waals surface area contributed by atoms with Crippen LogP contribution in [0.2, 0.25) is 0 Å². The first-order chi connectivity index (χ1) is 9.69. The number of hydrogen-bond acceptors (Lipinski definition) is 2. The minimum absolute atomic E-state index is 0.0713. The van der Waals surface area contributed by atoms with Crippen LogP contribution < -0.4 is 10.6 Å². The van der Waals surface area contributed by atoms with Crippen molar-refractivity contribution in [2.75, 3.05) is 18.9 Å². The van der Waals surface area contributed by atoms with Crippen LogP contribution in [0.4, 0.5) is 5.69 Å². The SMILES string of the molecule is CNc1ccc(C(=O)NCC(C2CC2)C2CC2)cc1C. The second-order valence-corrected chi connectivity index (χ2v) is 6.33. The van der Waals surface area contributed by atoms with Gasteiger partial charge in [0.15, 0.2) is 0 Å². The molecule has 0 unspecified atom stereocenters. The average Bonchev–Trinajstić information content (AvgIpc) is 3.31. The van der Waals surface area contributed by atoms with Crippen molar-refractivity contribution in [3.8, 4) is 0 Å². The van der Waals surface area contributed by atoms with Gasteiger partial charge >= 0.3 is 0 Å². The minimum atomic E-state index is 0.0713. The summed E-state index contributed by atoms with van der Waals surface area (Å²) in [5, 5.41) is 6.27. The van der Waals surface area contributed by atoms with Gasteiger partial charge in [-0.2, -0.15) is 0 Å². The molecule has 0 bridgehead atoms. The molecule has 1 aromatic carbocycles. The number of rotatable bonds is 6. The molecule has 1 aromatic rings. The number of benzene rings is 1. The monoisotopic (exact) mass is 272 g/mol. The molecule has 0 spiro atoms.